The number of fused-ring (bicyclic) bond motifs is 2. The number of benzene rings is 3. The van der Waals surface area contributed by atoms with E-state index in [-0.39, 0.29) is 24.5 Å². The number of Topliss-reactive ketones (excluding diaryl/α,β-unsaturated/α-hetero) is 1. The van der Waals surface area contributed by atoms with Crippen LogP contribution in [0.1, 0.15) is 28.4 Å². The molecule has 0 amide bonds. The highest BCUT2D eigenvalue weighted by Crippen LogP contribution is 2.36. The number of carbonyl (C=O) groups excluding carboxylic acids is 1. The Morgan fingerprint density at radius 2 is 1.82 bits per heavy atom. The number of aryl methyl sites for hydroxylation is 1. The van der Waals surface area contributed by atoms with Crippen molar-refractivity contribution in [1.29, 1.82) is 0 Å². The van der Waals surface area contributed by atoms with Gasteiger partial charge in [0.05, 0.1) is 11.6 Å². The van der Waals surface area contributed by atoms with Crippen LogP contribution in [-0.2, 0) is 7.05 Å². The summed E-state index contributed by atoms with van der Waals surface area (Å²) in [6.45, 7) is 0.134. The molecule has 8 heteroatoms. The van der Waals surface area contributed by atoms with Gasteiger partial charge in [0.25, 0.3) is 5.56 Å². The van der Waals surface area contributed by atoms with Crippen molar-refractivity contribution in [2.75, 3.05) is 17.8 Å². The number of para-hydroxylation sites is 1. The van der Waals surface area contributed by atoms with Crippen LogP contribution in [0.3, 0.4) is 0 Å². The van der Waals surface area contributed by atoms with E-state index in [0.717, 1.165) is 11.3 Å². The molecule has 1 atom stereocenters. The van der Waals surface area contributed by atoms with Crippen molar-refractivity contribution in [2.24, 2.45) is 7.05 Å². The molecule has 0 fully saturated rings. The lowest BCUT2D eigenvalue weighted by molar-refractivity contribution is 0.0972. The van der Waals surface area contributed by atoms with Gasteiger partial charge < -0.3 is 30.2 Å². The maximum Gasteiger partial charge on any atom is 0.265 e. The van der Waals surface area contributed by atoms with Crippen molar-refractivity contribution >= 4 is 28.1 Å². The van der Waals surface area contributed by atoms with Gasteiger partial charge in [-0.2, -0.15) is 0 Å². The third-order valence-electron chi connectivity index (χ3n) is 5.99. The molecule has 34 heavy (non-hydrogen) atoms. The second-order valence-corrected chi connectivity index (χ2v) is 8.16. The first-order valence-electron chi connectivity index (χ1n) is 10.8. The molecule has 8 nitrogen and oxygen atoms in total. The highest BCUT2D eigenvalue weighted by atomic mass is 16.7. The third-order valence-corrected chi connectivity index (χ3v) is 5.99. The lowest BCUT2D eigenvalue weighted by Gasteiger charge is -2.21. The molecule has 1 aliphatic rings. The fourth-order valence-corrected chi connectivity index (χ4v) is 4.18. The van der Waals surface area contributed by atoms with Gasteiger partial charge in [0.1, 0.15) is 11.3 Å². The van der Waals surface area contributed by atoms with Crippen molar-refractivity contribution in [3.05, 3.63) is 88.2 Å². The van der Waals surface area contributed by atoms with E-state index in [2.05, 4.69) is 5.32 Å². The van der Waals surface area contributed by atoms with Crippen LogP contribution in [-0.4, -0.2) is 22.2 Å². The molecule has 1 aliphatic heterocycles. The monoisotopic (exact) mass is 457 g/mol. The minimum Gasteiger partial charge on any atom is -0.506 e. The number of aromatic hydroxyl groups is 1. The lowest BCUT2D eigenvalue weighted by Crippen LogP contribution is -2.26. The summed E-state index contributed by atoms with van der Waals surface area (Å²) in [6, 6.07) is 19.0. The Balaban J connectivity index is 1.54. The zero-order valence-corrected chi connectivity index (χ0v) is 18.4. The fourth-order valence-electron chi connectivity index (χ4n) is 4.18. The molecule has 0 saturated heterocycles. The number of carbonyl (C=O) groups is 1. The summed E-state index contributed by atoms with van der Waals surface area (Å²) >= 11 is 0. The van der Waals surface area contributed by atoms with E-state index in [0.29, 0.717) is 28.1 Å². The van der Waals surface area contributed by atoms with Gasteiger partial charge in [-0.05, 0) is 54.1 Å². The number of aromatic nitrogens is 1. The maximum absolute atomic E-state index is 13.5. The number of nitrogens with one attached hydrogen (secondary N) is 1. The van der Waals surface area contributed by atoms with Crippen LogP contribution in [0.4, 0.5) is 11.4 Å². The van der Waals surface area contributed by atoms with Crippen LogP contribution in [0.25, 0.3) is 10.9 Å². The molecule has 0 spiro atoms. The molecule has 0 radical (unpaired) electrons. The highest BCUT2D eigenvalue weighted by Gasteiger charge is 2.26. The van der Waals surface area contributed by atoms with Crippen LogP contribution in [0.2, 0.25) is 0 Å². The quantitative estimate of drug-likeness (QED) is 0.296. The first kappa shape index (κ1) is 21.4. The molecule has 5 rings (SSSR count). The molecule has 0 saturated carbocycles. The Labute approximate surface area is 195 Å². The van der Waals surface area contributed by atoms with Gasteiger partial charge in [-0.1, -0.05) is 18.2 Å². The van der Waals surface area contributed by atoms with Crippen molar-refractivity contribution in [3.8, 4) is 17.2 Å². The summed E-state index contributed by atoms with van der Waals surface area (Å²) in [5, 5.41) is 14.6. The van der Waals surface area contributed by atoms with E-state index in [1.165, 1.54) is 4.57 Å². The molecule has 1 unspecified atom stereocenters. The predicted molar refractivity (Wildman–Crippen MR) is 130 cm³/mol. The SMILES string of the molecule is Cn1c(=O)c(C(=O)CC(Nc2ccc(N)cc2)c2ccc3c(c2)OCO3)c(O)c2ccccc21. The number of ketones is 1. The fraction of sp³-hybridized carbons (Fsp3) is 0.154. The zero-order valence-electron chi connectivity index (χ0n) is 18.4. The van der Waals surface area contributed by atoms with E-state index in [4.69, 9.17) is 15.2 Å². The van der Waals surface area contributed by atoms with E-state index < -0.39 is 17.4 Å². The van der Waals surface area contributed by atoms with E-state index in [1.54, 1.807) is 49.5 Å². The van der Waals surface area contributed by atoms with E-state index in [9.17, 15) is 14.7 Å². The smallest absolute Gasteiger partial charge is 0.265 e. The normalized spacial score (nSPS) is 13.1. The average Bonchev–Trinajstić information content (AvgIpc) is 3.32. The number of pyridine rings is 1. The lowest BCUT2D eigenvalue weighted by atomic mass is 9.96. The minimum absolute atomic E-state index is 0.0782. The molecule has 0 aliphatic carbocycles. The first-order chi connectivity index (χ1) is 16.4. The number of nitrogen functional groups attached to an aromatic ring is 1. The number of hydrogen-bond acceptors (Lipinski definition) is 7. The Morgan fingerprint density at radius 1 is 1.09 bits per heavy atom. The summed E-state index contributed by atoms with van der Waals surface area (Å²) in [6.07, 6.45) is -0.0782. The second kappa shape index (κ2) is 8.47. The molecular formula is C26H23N3O5. The third kappa shape index (κ3) is 3.79. The van der Waals surface area contributed by atoms with Crippen molar-refractivity contribution < 1.29 is 19.4 Å². The van der Waals surface area contributed by atoms with Crippen LogP contribution >= 0.6 is 0 Å². The topological polar surface area (TPSA) is 116 Å². The van der Waals surface area contributed by atoms with Gasteiger partial charge in [-0.3, -0.25) is 9.59 Å². The molecular weight excluding hydrogens is 434 g/mol. The molecule has 3 aromatic carbocycles. The van der Waals surface area contributed by atoms with E-state index in [1.807, 2.05) is 24.3 Å². The van der Waals surface area contributed by atoms with Gasteiger partial charge in [0.2, 0.25) is 6.79 Å². The summed E-state index contributed by atoms with van der Waals surface area (Å²) in [5.74, 6) is 0.427. The molecule has 2 heterocycles. The maximum atomic E-state index is 13.5. The summed E-state index contributed by atoms with van der Waals surface area (Å²) in [7, 11) is 1.59. The molecule has 0 bridgehead atoms. The predicted octanol–water partition coefficient (Wildman–Crippen LogP) is 3.98. The van der Waals surface area contributed by atoms with Gasteiger partial charge in [0.15, 0.2) is 17.3 Å². The number of ether oxygens (including phenoxy) is 2. The van der Waals surface area contributed by atoms with Gasteiger partial charge >= 0.3 is 0 Å². The van der Waals surface area contributed by atoms with Crippen LogP contribution in [0, 0.1) is 0 Å². The van der Waals surface area contributed by atoms with Crippen molar-refractivity contribution in [3.63, 3.8) is 0 Å². The number of anilines is 2. The molecule has 4 N–H and O–H groups in total. The largest absolute Gasteiger partial charge is 0.506 e. The zero-order chi connectivity index (χ0) is 23.8. The first-order valence-corrected chi connectivity index (χ1v) is 10.8. The van der Waals surface area contributed by atoms with Crippen LogP contribution < -0.4 is 26.1 Å². The number of rotatable bonds is 6. The van der Waals surface area contributed by atoms with Crippen LogP contribution in [0.5, 0.6) is 17.2 Å². The Morgan fingerprint density at radius 3 is 2.62 bits per heavy atom. The second-order valence-electron chi connectivity index (χ2n) is 8.16. The van der Waals surface area contributed by atoms with Crippen molar-refractivity contribution in [2.45, 2.75) is 12.5 Å². The molecule has 4 aromatic rings. The van der Waals surface area contributed by atoms with E-state index >= 15 is 0 Å². The standard InChI is InChI=1S/C26H23N3O5/c1-29-20-5-3-2-4-18(20)25(31)24(26(29)32)21(30)13-19(28-17-9-7-16(27)8-10-17)15-6-11-22-23(12-15)34-14-33-22/h2-12,19,28,31H,13-14,27H2,1H3. The minimum atomic E-state index is -0.543. The van der Waals surface area contributed by atoms with Gasteiger partial charge in [-0.15, -0.1) is 0 Å². The van der Waals surface area contributed by atoms with Crippen LogP contribution in [0.15, 0.2) is 71.5 Å². The number of nitrogens with two attached hydrogens (primary N) is 1. The Hall–Kier alpha value is -4.46. The van der Waals surface area contributed by atoms with Gasteiger partial charge in [-0.25, -0.2) is 0 Å². The summed E-state index contributed by atoms with van der Waals surface area (Å²) in [4.78, 5) is 26.5. The van der Waals surface area contributed by atoms with Crippen molar-refractivity contribution in [1.82, 2.24) is 4.57 Å². The Bertz CT molecular complexity index is 1460. The highest BCUT2D eigenvalue weighted by molar-refractivity contribution is 6.03. The summed E-state index contributed by atoms with van der Waals surface area (Å²) < 4.78 is 12.3. The number of hydrogen-bond donors (Lipinski definition) is 3. The summed E-state index contributed by atoms with van der Waals surface area (Å²) in [5.41, 5.74) is 7.72. The number of nitrogens with zero attached hydrogens (tertiary/aromatic N) is 1. The average molecular weight is 457 g/mol. The van der Waals surface area contributed by atoms with Gasteiger partial charge in [0, 0.05) is 30.2 Å². The molecule has 1 aromatic heterocycles. The molecule has 172 valence electrons. The Kier molecular flexibility index (Phi) is 5.33.